The smallest absolute Gasteiger partial charge is 0.146 e. The van der Waals surface area contributed by atoms with Crippen LogP contribution in [0.3, 0.4) is 0 Å². The first-order chi connectivity index (χ1) is 5.95. The van der Waals surface area contributed by atoms with E-state index >= 15 is 0 Å². The molecule has 0 amide bonds. The van der Waals surface area contributed by atoms with Gasteiger partial charge in [0, 0.05) is 12.4 Å². The molecule has 1 aromatic rings. The van der Waals surface area contributed by atoms with E-state index < -0.39 is 0 Å². The van der Waals surface area contributed by atoms with Crippen molar-refractivity contribution in [1.82, 2.24) is 4.98 Å². The fourth-order valence-corrected chi connectivity index (χ4v) is 0.883. The number of pyridine rings is 1. The van der Waals surface area contributed by atoms with Crippen LogP contribution in [0.1, 0.15) is 12.8 Å². The van der Waals surface area contributed by atoms with E-state index in [0.29, 0.717) is 5.92 Å². The summed E-state index contributed by atoms with van der Waals surface area (Å²) < 4.78 is 0. The first-order valence-corrected chi connectivity index (χ1v) is 4.15. The van der Waals surface area contributed by atoms with Crippen molar-refractivity contribution >= 4 is 12.0 Å². The molecule has 0 bridgehead atoms. The molecule has 0 radical (unpaired) electrons. The van der Waals surface area contributed by atoms with Gasteiger partial charge < -0.3 is 0 Å². The molecule has 0 spiro atoms. The molecule has 0 aliphatic heterocycles. The van der Waals surface area contributed by atoms with Crippen molar-refractivity contribution < 1.29 is 0 Å². The zero-order chi connectivity index (χ0) is 8.23. The average molecular weight is 161 g/mol. The van der Waals surface area contributed by atoms with Crippen LogP contribution < -0.4 is 5.43 Å². The van der Waals surface area contributed by atoms with Gasteiger partial charge >= 0.3 is 0 Å². The Kier molecular flexibility index (Phi) is 2.03. The molecular weight excluding hydrogens is 150 g/mol. The molecule has 3 nitrogen and oxygen atoms in total. The van der Waals surface area contributed by atoms with E-state index in [9.17, 15) is 0 Å². The molecule has 0 saturated heterocycles. The zero-order valence-corrected chi connectivity index (χ0v) is 6.77. The van der Waals surface area contributed by atoms with E-state index in [2.05, 4.69) is 15.5 Å². The number of nitrogens with one attached hydrogen (secondary N) is 1. The summed E-state index contributed by atoms with van der Waals surface area (Å²) in [5, 5.41) is 4.07. The van der Waals surface area contributed by atoms with E-state index in [4.69, 9.17) is 0 Å². The third-order valence-corrected chi connectivity index (χ3v) is 1.75. The molecule has 0 atom stereocenters. The average Bonchev–Trinajstić information content (AvgIpc) is 2.90. The maximum atomic E-state index is 4.07. The molecule has 1 aliphatic carbocycles. The zero-order valence-electron chi connectivity index (χ0n) is 6.77. The molecule has 1 saturated carbocycles. The number of anilines is 1. The summed E-state index contributed by atoms with van der Waals surface area (Å²) in [6.45, 7) is 0. The van der Waals surface area contributed by atoms with E-state index in [1.54, 1.807) is 6.20 Å². The molecule has 1 aromatic heterocycles. The molecule has 1 heterocycles. The Morgan fingerprint density at radius 3 is 3.08 bits per heavy atom. The van der Waals surface area contributed by atoms with Crippen LogP contribution in [-0.2, 0) is 0 Å². The minimum absolute atomic E-state index is 0.709. The van der Waals surface area contributed by atoms with Gasteiger partial charge in [-0.2, -0.15) is 5.10 Å². The van der Waals surface area contributed by atoms with E-state index in [1.807, 2.05) is 24.4 Å². The highest BCUT2D eigenvalue weighted by Gasteiger charge is 2.18. The van der Waals surface area contributed by atoms with Crippen LogP contribution in [0.25, 0.3) is 0 Å². The molecule has 62 valence electrons. The Hall–Kier alpha value is -1.38. The Balaban J connectivity index is 1.86. The van der Waals surface area contributed by atoms with Crippen LogP contribution in [0.5, 0.6) is 0 Å². The summed E-state index contributed by atoms with van der Waals surface area (Å²) >= 11 is 0. The van der Waals surface area contributed by atoms with Crippen LogP contribution in [0.2, 0.25) is 0 Å². The maximum absolute atomic E-state index is 4.07. The van der Waals surface area contributed by atoms with Gasteiger partial charge in [-0.05, 0) is 30.9 Å². The highest BCUT2D eigenvalue weighted by atomic mass is 15.3. The quantitative estimate of drug-likeness (QED) is 0.543. The predicted octanol–water partition coefficient (Wildman–Crippen LogP) is 1.89. The molecule has 1 fully saturated rings. The van der Waals surface area contributed by atoms with Gasteiger partial charge in [0.05, 0.1) is 0 Å². The SMILES string of the molecule is C(=N\Nc1ccccn1)/C1CC1. The van der Waals surface area contributed by atoms with Gasteiger partial charge in [-0.25, -0.2) is 4.98 Å². The topological polar surface area (TPSA) is 37.3 Å². The van der Waals surface area contributed by atoms with Gasteiger partial charge in [0.25, 0.3) is 0 Å². The van der Waals surface area contributed by atoms with Crippen molar-refractivity contribution in [3.63, 3.8) is 0 Å². The number of hydrazone groups is 1. The Labute approximate surface area is 71.5 Å². The lowest BCUT2D eigenvalue weighted by Crippen LogP contribution is -1.91. The lowest BCUT2D eigenvalue weighted by molar-refractivity contribution is 1.17. The lowest BCUT2D eigenvalue weighted by Gasteiger charge is -1.95. The molecule has 0 unspecified atom stereocenters. The Bertz CT molecular complexity index is 264. The first kappa shape index (κ1) is 7.28. The van der Waals surface area contributed by atoms with Crippen LogP contribution in [0.4, 0.5) is 5.82 Å². The van der Waals surface area contributed by atoms with E-state index in [1.165, 1.54) is 12.8 Å². The first-order valence-electron chi connectivity index (χ1n) is 4.15. The van der Waals surface area contributed by atoms with Crippen LogP contribution in [0.15, 0.2) is 29.5 Å². The van der Waals surface area contributed by atoms with Gasteiger partial charge in [0.2, 0.25) is 0 Å². The third kappa shape index (κ3) is 2.05. The Morgan fingerprint density at radius 1 is 1.50 bits per heavy atom. The third-order valence-electron chi connectivity index (χ3n) is 1.75. The second-order valence-electron chi connectivity index (χ2n) is 2.94. The summed E-state index contributed by atoms with van der Waals surface area (Å²) in [5.41, 5.74) is 2.87. The van der Waals surface area contributed by atoms with Gasteiger partial charge in [-0.3, -0.25) is 5.43 Å². The summed E-state index contributed by atoms with van der Waals surface area (Å²) in [7, 11) is 0. The molecule has 3 heteroatoms. The largest absolute Gasteiger partial charge is 0.262 e. The number of nitrogens with zero attached hydrogens (tertiary/aromatic N) is 2. The van der Waals surface area contributed by atoms with Crippen molar-refractivity contribution in [2.45, 2.75) is 12.8 Å². The van der Waals surface area contributed by atoms with Crippen LogP contribution >= 0.6 is 0 Å². The summed E-state index contributed by atoms with van der Waals surface area (Å²) in [6.07, 6.45) is 6.27. The highest BCUT2D eigenvalue weighted by molar-refractivity contribution is 5.64. The number of hydrogen-bond donors (Lipinski definition) is 1. The van der Waals surface area contributed by atoms with Gasteiger partial charge in [-0.15, -0.1) is 0 Å². The Morgan fingerprint density at radius 2 is 2.42 bits per heavy atom. The second-order valence-corrected chi connectivity index (χ2v) is 2.94. The van der Waals surface area contributed by atoms with Gasteiger partial charge in [-0.1, -0.05) is 6.07 Å². The van der Waals surface area contributed by atoms with Crippen LogP contribution in [0, 0.1) is 5.92 Å². The minimum Gasteiger partial charge on any atom is -0.262 e. The molecule has 12 heavy (non-hydrogen) atoms. The van der Waals surface area contributed by atoms with Crippen LogP contribution in [-0.4, -0.2) is 11.2 Å². The van der Waals surface area contributed by atoms with Crippen molar-refractivity contribution in [3.8, 4) is 0 Å². The van der Waals surface area contributed by atoms with Crippen molar-refractivity contribution in [1.29, 1.82) is 0 Å². The van der Waals surface area contributed by atoms with Crippen molar-refractivity contribution in [2.75, 3.05) is 5.43 Å². The molecule has 2 rings (SSSR count). The fourth-order valence-electron chi connectivity index (χ4n) is 0.883. The number of hydrogen-bond acceptors (Lipinski definition) is 3. The number of rotatable bonds is 3. The highest BCUT2D eigenvalue weighted by Crippen LogP contribution is 2.26. The summed E-state index contributed by atoms with van der Waals surface area (Å²) in [4.78, 5) is 4.07. The van der Waals surface area contributed by atoms with E-state index in [-0.39, 0.29) is 0 Å². The second kappa shape index (κ2) is 3.34. The lowest BCUT2D eigenvalue weighted by atomic mass is 10.5. The monoisotopic (exact) mass is 161 g/mol. The molecular formula is C9H11N3. The van der Waals surface area contributed by atoms with Gasteiger partial charge in [0.1, 0.15) is 5.82 Å². The maximum Gasteiger partial charge on any atom is 0.146 e. The standard InChI is InChI=1S/C9H11N3/c1-2-6-10-9(3-1)12-11-7-8-4-5-8/h1-3,6-8H,4-5H2,(H,10,12)/b11-7+. The molecule has 1 N–H and O–H groups in total. The normalized spacial score (nSPS) is 16.7. The van der Waals surface area contributed by atoms with Crippen molar-refractivity contribution in [2.24, 2.45) is 11.0 Å². The summed E-state index contributed by atoms with van der Waals surface area (Å²) in [5.74, 6) is 1.51. The minimum atomic E-state index is 0.709. The van der Waals surface area contributed by atoms with Gasteiger partial charge in [0.15, 0.2) is 0 Å². The molecule has 1 aliphatic rings. The van der Waals surface area contributed by atoms with Crippen molar-refractivity contribution in [3.05, 3.63) is 24.4 Å². The molecule has 0 aromatic carbocycles. The van der Waals surface area contributed by atoms with E-state index in [0.717, 1.165) is 5.82 Å². The predicted molar refractivity (Wildman–Crippen MR) is 49.1 cm³/mol. The summed E-state index contributed by atoms with van der Waals surface area (Å²) in [6, 6.07) is 5.71. The fraction of sp³-hybridized carbons (Fsp3) is 0.333. The number of aromatic nitrogens is 1.